The molecule has 1 fully saturated rings. The molecule has 0 spiro atoms. The third-order valence-electron chi connectivity index (χ3n) is 5.08. The molecule has 0 heterocycles. The Labute approximate surface area is 139 Å². The van der Waals surface area contributed by atoms with Crippen molar-refractivity contribution in [2.45, 2.75) is 64.9 Å². The number of carbonyl (C=O) groups excluding carboxylic acids is 2. The van der Waals surface area contributed by atoms with Crippen molar-refractivity contribution in [3.8, 4) is 0 Å². The first-order valence-electron chi connectivity index (χ1n) is 8.70. The van der Waals surface area contributed by atoms with E-state index in [1.807, 2.05) is 37.3 Å². The molecule has 1 aliphatic rings. The van der Waals surface area contributed by atoms with Gasteiger partial charge in [0.25, 0.3) is 0 Å². The lowest BCUT2D eigenvalue weighted by molar-refractivity contribution is -0.168. The fourth-order valence-electron chi connectivity index (χ4n) is 3.30. The summed E-state index contributed by atoms with van der Waals surface area (Å²) in [5.41, 5.74) is 0.600. The fourth-order valence-corrected chi connectivity index (χ4v) is 3.30. The molecule has 23 heavy (non-hydrogen) atoms. The lowest BCUT2D eigenvalue weighted by Gasteiger charge is -2.38. The minimum absolute atomic E-state index is 0.216. The molecule has 0 N–H and O–H groups in total. The Balaban J connectivity index is 1.80. The van der Waals surface area contributed by atoms with Crippen LogP contribution in [0.5, 0.6) is 0 Å². The van der Waals surface area contributed by atoms with Crippen LogP contribution >= 0.6 is 0 Å². The van der Waals surface area contributed by atoms with Crippen LogP contribution in [0, 0.1) is 11.8 Å². The van der Waals surface area contributed by atoms with Crippen molar-refractivity contribution in [2.75, 3.05) is 0 Å². The molecule has 2 rings (SSSR count). The van der Waals surface area contributed by atoms with E-state index in [4.69, 9.17) is 4.74 Å². The first-order chi connectivity index (χ1) is 10.9. The molecule has 3 nitrogen and oxygen atoms in total. The number of hydrogen-bond donors (Lipinski definition) is 0. The largest absolute Gasteiger partial charge is 0.454 e. The van der Waals surface area contributed by atoms with Crippen LogP contribution in [-0.4, -0.2) is 17.4 Å². The molecule has 1 saturated carbocycles. The minimum Gasteiger partial charge on any atom is -0.454 e. The lowest BCUT2D eigenvalue weighted by atomic mass is 9.75. The van der Waals surface area contributed by atoms with E-state index in [0.29, 0.717) is 18.3 Å². The summed E-state index contributed by atoms with van der Waals surface area (Å²) in [5.74, 6) is 0.297. The lowest BCUT2D eigenvalue weighted by Crippen LogP contribution is -2.39. The van der Waals surface area contributed by atoms with Crippen molar-refractivity contribution in [3.63, 3.8) is 0 Å². The molecular formula is C20H28O3. The van der Waals surface area contributed by atoms with Gasteiger partial charge >= 0.3 is 5.97 Å². The minimum atomic E-state index is -0.661. The molecular weight excluding hydrogens is 288 g/mol. The second kappa shape index (κ2) is 7.76. The highest BCUT2D eigenvalue weighted by atomic mass is 16.6. The van der Waals surface area contributed by atoms with E-state index in [1.165, 1.54) is 0 Å². The van der Waals surface area contributed by atoms with Crippen LogP contribution < -0.4 is 0 Å². The van der Waals surface area contributed by atoms with Crippen molar-refractivity contribution in [2.24, 2.45) is 11.8 Å². The van der Waals surface area contributed by atoms with Gasteiger partial charge in [-0.15, -0.1) is 0 Å². The Morgan fingerprint density at radius 3 is 2.35 bits per heavy atom. The molecule has 0 radical (unpaired) electrons. The highest BCUT2D eigenvalue weighted by Gasteiger charge is 2.36. The van der Waals surface area contributed by atoms with Gasteiger partial charge in [0.15, 0.2) is 0 Å². The number of esters is 1. The van der Waals surface area contributed by atoms with Gasteiger partial charge in [-0.2, -0.15) is 0 Å². The van der Waals surface area contributed by atoms with Crippen molar-refractivity contribution in [3.05, 3.63) is 35.9 Å². The van der Waals surface area contributed by atoms with E-state index < -0.39 is 17.4 Å². The van der Waals surface area contributed by atoms with Crippen LogP contribution in [-0.2, 0) is 20.7 Å². The van der Waals surface area contributed by atoms with Gasteiger partial charge in [-0.3, -0.25) is 4.79 Å². The number of Topliss-reactive ketones (excluding diaryl/α,β-unsaturated/α-hetero) is 1. The zero-order valence-corrected chi connectivity index (χ0v) is 14.5. The van der Waals surface area contributed by atoms with Gasteiger partial charge in [-0.05, 0) is 56.4 Å². The van der Waals surface area contributed by atoms with E-state index in [2.05, 4.69) is 13.8 Å². The Hall–Kier alpha value is -1.64. The van der Waals surface area contributed by atoms with Gasteiger partial charge in [0.05, 0.1) is 0 Å². The van der Waals surface area contributed by atoms with Gasteiger partial charge in [-0.25, -0.2) is 4.79 Å². The van der Waals surface area contributed by atoms with Crippen LogP contribution in [0.25, 0.3) is 0 Å². The molecule has 0 bridgehead atoms. The van der Waals surface area contributed by atoms with Gasteiger partial charge in [0, 0.05) is 6.42 Å². The molecule has 0 aliphatic heterocycles. The molecule has 0 saturated heterocycles. The quantitative estimate of drug-likeness (QED) is 0.579. The third kappa shape index (κ3) is 5.19. The molecule has 1 aliphatic carbocycles. The predicted octanol–water partition coefficient (Wildman–Crippen LogP) is 4.34. The molecule has 0 atom stereocenters. The summed E-state index contributed by atoms with van der Waals surface area (Å²) in [4.78, 5) is 24.1. The maximum atomic E-state index is 12.1. The molecule has 1 aromatic rings. The second-order valence-electron chi connectivity index (χ2n) is 7.33. The van der Waals surface area contributed by atoms with Crippen LogP contribution in [0.2, 0.25) is 0 Å². The maximum absolute atomic E-state index is 12.1. The fraction of sp³-hybridized carbons (Fsp3) is 0.600. The smallest absolute Gasteiger partial charge is 0.375 e. The highest BCUT2D eigenvalue weighted by molar-refractivity contribution is 6.33. The average Bonchev–Trinajstić information content (AvgIpc) is 2.53. The average molecular weight is 316 g/mol. The maximum Gasteiger partial charge on any atom is 0.375 e. The monoisotopic (exact) mass is 316 g/mol. The Bertz CT molecular complexity index is 525. The number of ether oxygens (including phenoxy) is 1. The van der Waals surface area contributed by atoms with E-state index in [9.17, 15) is 9.59 Å². The standard InChI is InChI=1S/C20H28O3/c1-15(2)17-11-13-20(3,14-12-17)23-19(22)18(21)10-9-16-7-5-4-6-8-16/h4-8,15,17H,9-14H2,1-3H3. The Morgan fingerprint density at radius 1 is 1.17 bits per heavy atom. The normalized spacial score (nSPS) is 24.4. The van der Waals surface area contributed by atoms with Crippen LogP contribution in [0.1, 0.15) is 58.4 Å². The van der Waals surface area contributed by atoms with E-state index in [-0.39, 0.29) is 6.42 Å². The summed E-state index contributed by atoms with van der Waals surface area (Å²) in [7, 11) is 0. The van der Waals surface area contributed by atoms with Crippen LogP contribution in [0.15, 0.2) is 30.3 Å². The highest BCUT2D eigenvalue weighted by Crippen LogP contribution is 2.37. The first kappa shape index (κ1) is 17.7. The number of hydrogen-bond acceptors (Lipinski definition) is 3. The molecule has 0 amide bonds. The summed E-state index contributed by atoms with van der Waals surface area (Å²) in [6.45, 7) is 6.45. The number of aryl methyl sites for hydroxylation is 1. The topological polar surface area (TPSA) is 43.4 Å². The molecule has 3 heteroatoms. The molecule has 0 aromatic heterocycles. The Morgan fingerprint density at radius 2 is 1.78 bits per heavy atom. The summed E-state index contributed by atoms with van der Waals surface area (Å²) in [6, 6.07) is 9.74. The summed E-state index contributed by atoms with van der Waals surface area (Å²) < 4.78 is 5.57. The molecule has 0 unspecified atom stereocenters. The zero-order valence-electron chi connectivity index (χ0n) is 14.5. The second-order valence-corrected chi connectivity index (χ2v) is 7.33. The van der Waals surface area contributed by atoms with E-state index >= 15 is 0 Å². The van der Waals surface area contributed by atoms with Gasteiger partial charge < -0.3 is 4.74 Å². The number of carbonyl (C=O) groups is 2. The Kier molecular flexibility index (Phi) is 5.97. The number of rotatable bonds is 6. The van der Waals surface area contributed by atoms with Gasteiger partial charge in [-0.1, -0.05) is 44.2 Å². The van der Waals surface area contributed by atoms with Gasteiger partial charge in [0.1, 0.15) is 5.60 Å². The SMILES string of the molecule is CC(C)C1CCC(C)(OC(=O)C(=O)CCc2ccccc2)CC1. The predicted molar refractivity (Wildman–Crippen MR) is 91.1 cm³/mol. The zero-order chi connectivity index (χ0) is 16.9. The summed E-state index contributed by atoms with van der Waals surface area (Å²) in [5, 5.41) is 0. The van der Waals surface area contributed by atoms with E-state index in [0.717, 1.165) is 31.2 Å². The van der Waals surface area contributed by atoms with Crippen molar-refractivity contribution < 1.29 is 14.3 Å². The van der Waals surface area contributed by atoms with Crippen molar-refractivity contribution >= 4 is 11.8 Å². The summed E-state index contributed by atoms with van der Waals surface area (Å²) in [6.07, 6.45) is 4.65. The van der Waals surface area contributed by atoms with E-state index in [1.54, 1.807) is 0 Å². The molecule has 126 valence electrons. The summed E-state index contributed by atoms with van der Waals surface area (Å²) >= 11 is 0. The van der Waals surface area contributed by atoms with Crippen LogP contribution in [0.3, 0.4) is 0 Å². The van der Waals surface area contributed by atoms with Gasteiger partial charge in [0.2, 0.25) is 5.78 Å². The molecule has 1 aromatic carbocycles. The first-order valence-corrected chi connectivity index (χ1v) is 8.70. The van der Waals surface area contributed by atoms with Crippen LogP contribution in [0.4, 0.5) is 0 Å². The number of benzene rings is 1. The number of ketones is 1. The van der Waals surface area contributed by atoms with Crippen molar-refractivity contribution in [1.29, 1.82) is 0 Å². The third-order valence-corrected chi connectivity index (χ3v) is 5.08. The van der Waals surface area contributed by atoms with Crippen molar-refractivity contribution in [1.82, 2.24) is 0 Å².